The zero-order chi connectivity index (χ0) is 21.2. The summed E-state index contributed by atoms with van der Waals surface area (Å²) in [5.74, 6) is 0.0767. The molecular formula is C22H18FN7O. The van der Waals surface area contributed by atoms with Crippen LogP contribution in [0.5, 0.6) is 0 Å². The SMILES string of the molecule is OCCC(Nc1ncc2cc(-c3ncnc4[nH]ncc34)ccc2n1)c1cccc(F)c1. The number of benzene rings is 2. The van der Waals surface area contributed by atoms with Gasteiger partial charge in [0.1, 0.15) is 12.1 Å². The summed E-state index contributed by atoms with van der Waals surface area (Å²) in [4.78, 5) is 17.6. The van der Waals surface area contributed by atoms with E-state index in [9.17, 15) is 9.50 Å². The number of halogens is 1. The molecule has 0 saturated carbocycles. The third-order valence-corrected chi connectivity index (χ3v) is 5.07. The smallest absolute Gasteiger partial charge is 0.223 e. The van der Waals surface area contributed by atoms with Crippen molar-refractivity contribution in [1.29, 1.82) is 0 Å². The van der Waals surface area contributed by atoms with E-state index < -0.39 is 0 Å². The van der Waals surface area contributed by atoms with E-state index >= 15 is 0 Å². The fourth-order valence-corrected chi connectivity index (χ4v) is 3.58. The van der Waals surface area contributed by atoms with Gasteiger partial charge in [0.25, 0.3) is 0 Å². The molecule has 5 aromatic rings. The number of anilines is 1. The zero-order valence-corrected chi connectivity index (χ0v) is 16.3. The van der Waals surface area contributed by atoms with Gasteiger partial charge in [-0.15, -0.1) is 0 Å². The first-order valence-electron chi connectivity index (χ1n) is 9.75. The van der Waals surface area contributed by atoms with Crippen LogP contribution >= 0.6 is 0 Å². The van der Waals surface area contributed by atoms with Gasteiger partial charge in [-0.1, -0.05) is 18.2 Å². The average molecular weight is 415 g/mol. The van der Waals surface area contributed by atoms with Gasteiger partial charge in [0.15, 0.2) is 5.65 Å². The number of H-pyrrole nitrogens is 1. The Morgan fingerprint density at radius 3 is 2.87 bits per heavy atom. The number of aliphatic hydroxyl groups is 1. The number of aromatic amines is 1. The molecule has 0 aliphatic rings. The second kappa shape index (κ2) is 8.04. The van der Waals surface area contributed by atoms with Gasteiger partial charge in [-0.25, -0.2) is 24.3 Å². The molecule has 154 valence electrons. The van der Waals surface area contributed by atoms with E-state index in [-0.39, 0.29) is 18.5 Å². The third kappa shape index (κ3) is 3.78. The molecule has 1 atom stereocenters. The maximum Gasteiger partial charge on any atom is 0.223 e. The van der Waals surface area contributed by atoms with Crippen molar-refractivity contribution in [2.75, 3.05) is 11.9 Å². The highest BCUT2D eigenvalue weighted by Crippen LogP contribution is 2.28. The summed E-state index contributed by atoms with van der Waals surface area (Å²) in [7, 11) is 0. The Morgan fingerprint density at radius 1 is 1.06 bits per heavy atom. The zero-order valence-electron chi connectivity index (χ0n) is 16.3. The van der Waals surface area contributed by atoms with Crippen molar-refractivity contribution in [3.8, 4) is 11.3 Å². The quantitative estimate of drug-likeness (QED) is 0.388. The lowest BCUT2D eigenvalue weighted by Crippen LogP contribution is -2.14. The highest BCUT2D eigenvalue weighted by molar-refractivity contribution is 5.93. The first-order valence-corrected chi connectivity index (χ1v) is 9.75. The highest BCUT2D eigenvalue weighted by Gasteiger charge is 2.14. The van der Waals surface area contributed by atoms with Crippen molar-refractivity contribution in [2.24, 2.45) is 0 Å². The Labute approximate surface area is 176 Å². The maximum atomic E-state index is 13.6. The topological polar surface area (TPSA) is 112 Å². The van der Waals surface area contributed by atoms with Crippen molar-refractivity contribution < 1.29 is 9.50 Å². The summed E-state index contributed by atoms with van der Waals surface area (Å²) in [6, 6.07) is 11.8. The normalized spacial score (nSPS) is 12.3. The number of hydrogen-bond donors (Lipinski definition) is 3. The van der Waals surface area contributed by atoms with Crippen LogP contribution in [0.1, 0.15) is 18.0 Å². The van der Waals surface area contributed by atoms with E-state index in [2.05, 4.69) is 35.5 Å². The molecule has 1 unspecified atom stereocenters. The van der Waals surface area contributed by atoms with Gasteiger partial charge in [0, 0.05) is 23.8 Å². The van der Waals surface area contributed by atoms with Gasteiger partial charge in [-0.05, 0) is 36.2 Å². The maximum absolute atomic E-state index is 13.6. The molecule has 8 nitrogen and oxygen atoms in total. The molecule has 0 bridgehead atoms. The summed E-state index contributed by atoms with van der Waals surface area (Å²) in [6.07, 6.45) is 5.32. The predicted octanol–water partition coefficient (Wildman–Crippen LogP) is 3.64. The Hall–Kier alpha value is -3.98. The number of nitrogens with zero attached hydrogens (tertiary/aromatic N) is 5. The van der Waals surface area contributed by atoms with Gasteiger partial charge >= 0.3 is 0 Å². The Morgan fingerprint density at radius 2 is 2.00 bits per heavy atom. The molecule has 0 radical (unpaired) electrons. The van der Waals surface area contributed by atoms with E-state index in [0.29, 0.717) is 18.0 Å². The van der Waals surface area contributed by atoms with Crippen LogP contribution in [0, 0.1) is 5.82 Å². The Balaban J connectivity index is 1.46. The molecule has 5 rings (SSSR count). The van der Waals surface area contributed by atoms with Gasteiger partial charge in [-0.2, -0.15) is 5.10 Å². The van der Waals surface area contributed by atoms with Gasteiger partial charge in [0.05, 0.1) is 28.8 Å². The molecule has 3 heterocycles. The molecule has 3 N–H and O–H groups in total. The van der Waals surface area contributed by atoms with Crippen LogP contribution in [-0.2, 0) is 0 Å². The second-order valence-corrected chi connectivity index (χ2v) is 7.09. The second-order valence-electron chi connectivity index (χ2n) is 7.09. The monoisotopic (exact) mass is 415 g/mol. The van der Waals surface area contributed by atoms with Gasteiger partial charge in [-0.3, -0.25) is 5.10 Å². The molecule has 0 spiro atoms. The Kier molecular flexibility index (Phi) is 4.93. The van der Waals surface area contributed by atoms with Gasteiger partial charge < -0.3 is 10.4 Å². The van der Waals surface area contributed by atoms with E-state index in [1.807, 2.05) is 24.3 Å². The number of fused-ring (bicyclic) bond motifs is 2. The molecule has 0 aliphatic heterocycles. The number of nitrogens with one attached hydrogen (secondary N) is 2. The molecule has 31 heavy (non-hydrogen) atoms. The van der Waals surface area contributed by atoms with E-state index in [1.165, 1.54) is 18.5 Å². The first-order chi connectivity index (χ1) is 15.2. The fraction of sp³-hybridized carbons (Fsp3) is 0.136. The number of rotatable bonds is 6. The molecule has 2 aromatic carbocycles. The first kappa shape index (κ1) is 19.0. The molecule has 0 amide bonds. The van der Waals surface area contributed by atoms with Gasteiger partial charge in [0.2, 0.25) is 5.95 Å². The lowest BCUT2D eigenvalue weighted by Gasteiger charge is -2.18. The molecular weight excluding hydrogens is 397 g/mol. The lowest BCUT2D eigenvalue weighted by molar-refractivity contribution is 0.279. The Bertz CT molecular complexity index is 1370. The minimum atomic E-state index is -0.328. The van der Waals surface area contributed by atoms with Crippen molar-refractivity contribution in [3.63, 3.8) is 0 Å². The average Bonchev–Trinajstić information content (AvgIpc) is 3.27. The summed E-state index contributed by atoms with van der Waals surface area (Å²) in [6.45, 7) is -0.0491. The number of aliphatic hydroxyl groups excluding tert-OH is 1. The lowest BCUT2D eigenvalue weighted by atomic mass is 10.0. The highest BCUT2D eigenvalue weighted by atomic mass is 19.1. The molecule has 3 aromatic heterocycles. The molecule has 9 heteroatoms. The van der Waals surface area contributed by atoms with Crippen molar-refractivity contribution in [3.05, 3.63) is 72.6 Å². The minimum absolute atomic E-state index is 0.0491. The summed E-state index contributed by atoms with van der Waals surface area (Å²) >= 11 is 0. The fourth-order valence-electron chi connectivity index (χ4n) is 3.58. The summed E-state index contributed by atoms with van der Waals surface area (Å²) < 4.78 is 13.6. The van der Waals surface area contributed by atoms with Crippen LogP contribution in [0.25, 0.3) is 33.2 Å². The minimum Gasteiger partial charge on any atom is -0.396 e. The molecule has 0 aliphatic carbocycles. The van der Waals surface area contributed by atoms with Crippen molar-refractivity contribution in [2.45, 2.75) is 12.5 Å². The standard InChI is InChI=1S/C22H18FN7O/c23-16-3-1-2-13(9-16)19(6-7-31)29-22-24-10-15-8-14(4-5-18(15)28-22)20-17-11-27-30-21(17)26-12-25-20/h1-5,8-12,19,31H,6-7H2,(H,24,28,29)(H,25,26,27,30). The van der Waals surface area contributed by atoms with E-state index in [1.54, 1.807) is 18.5 Å². The summed E-state index contributed by atoms with van der Waals surface area (Å²) in [5.41, 5.74) is 3.83. The molecule has 0 saturated heterocycles. The van der Waals surface area contributed by atoms with Crippen molar-refractivity contribution >= 4 is 27.9 Å². The van der Waals surface area contributed by atoms with Crippen LogP contribution in [0.4, 0.5) is 10.3 Å². The van der Waals surface area contributed by atoms with Crippen LogP contribution in [0.2, 0.25) is 0 Å². The third-order valence-electron chi connectivity index (χ3n) is 5.07. The predicted molar refractivity (Wildman–Crippen MR) is 115 cm³/mol. The summed E-state index contributed by atoms with van der Waals surface area (Å²) in [5, 5.41) is 21.2. The van der Waals surface area contributed by atoms with E-state index in [4.69, 9.17) is 0 Å². The van der Waals surface area contributed by atoms with Crippen LogP contribution in [0.3, 0.4) is 0 Å². The largest absolute Gasteiger partial charge is 0.396 e. The molecule has 0 fully saturated rings. The number of hydrogen-bond acceptors (Lipinski definition) is 7. The van der Waals surface area contributed by atoms with Crippen molar-refractivity contribution in [1.82, 2.24) is 30.1 Å². The van der Waals surface area contributed by atoms with E-state index in [0.717, 1.165) is 33.1 Å². The van der Waals surface area contributed by atoms with Crippen LogP contribution in [0.15, 0.2) is 61.2 Å². The van der Waals surface area contributed by atoms with Crippen LogP contribution < -0.4 is 5.32 Å². The number of aromatic nitrogens is 6. The van der Waals surface area contributed by atoms with Crippen LogP contribution in [-0.4, -0.2) is 41.8 Å².